The Bertz CT molecular complexity index is 1260. The largest absolute Gasteiger partial charge is 0.493 e. The van der Waals surface area contributed by atoms with Crippen molar-refractivity contribution < 1.29 is 38.1 Å². The maximum absolute atomic E-state index is 13.8. The van der Waals surface area contributed by atoms with Crippen molar-refractivity contribution in [2.24, 2.45) is 11.7 Å². The summed E-state index contributed by atoms with van der Waals surface area (Å²) in [5.41, 5.74) is 8.20. The van der Waals surface area contributed by atoms with Crippen LogP contribution in [-0.4, -0.2) is 69.3 Å². The first kappa shape index (κ1) is 33.1. The first-order chi connectivity index (χ1) is 21.3. The van der Waals surface area contributed by atoms with E-state index in [-0.39, 0.29) is 18.4 Å². The van der Waals surface area contributed by atoms with Gasteiger partial charge < -0.3 is 34.3 Å². The summed E-state index contributed by atoms with van der Waals surface area (Å²) in [7, 11) is 4.47. The number of hydrogen-bond donors (Lipinski definition) is 1. The molecule has 1 heterocycles. The molecule has 2 unspecified atom stereocenters. The number of amides is 1. The number of aryl methyl sites for hydroxylation is 1. The lowest BCUT2D eigenvalue weighted by Crippen LogP contribution is -2.56. The highest BCUT2D eigenvalue weighted by molar-refractivity contribution is 5.88. The molecule has 44 heavy (non-hydrogen) atoms. The van der Waals surface area contributed by atoms with Crippen LogP contribution in [0.4, 0.5) is 0 Å². The minimum Gasteiger partial charge on any atom is -0.493 e. The fraction of sp³-hybridized carbons (Fsp3) is 0.559. The Hall–Kier alpha value is -3.79. The lowest BCUT2D eigenvalue weighted by molar-refractivity contribution is -0.163. The number of esters is 2. The summed E-state index contributed by atoms with van der Waals surface area (Å²) in [5.74, 6) is 0.751. The molecule has 4 rings (SSSR count). The van der Waals surface area contributed by atoms with Gasteiger partial charge in [0, 0.05) is 6.54 Å². The molecule has 1 aliphatic carbocycles. The lowest BCUT2D eigenvalue weighted by Gasteiger charge is -2.38. The maximum atomic E-state index is 13.8. The van der Waals surface area contributed by atoms with Crippen LogP contribution in [0.5, 0.6) is 17.2 Å². The van der Waals surface area contributed by atoms with Gasteiger partial charge in [0.2, 0.25) is 5.91 Å². The Labute approximate surface area is 260 Å². The van der Waals surface area contributed by atoms with E-state index >= 15 is 0 Å². The SMILES string of the molecule is COC(=O)COc1cccc(C(CCc2ccc(OC)c(OC)c2)OC(=O)[C@@H]2CCCCN2C(=O)C(N)C2CCCCC2)c1. The smallest absolute Gasteiger partial charge is 0.343 e. The third-order valence-electron chi connectivity index (χ3n) is 8.72. The fourth-order valence-electron chi connectivity index (χ4n) is 6.18. The van der Waals surface area contributed by atoms with E-state index in [1.165, 1.54) is 13.5 Å². The molecule has 2 N–H and O–H groups in total. The number of hydrogen-bond acceptors (Lipinski definition) is 9. The van der Waals surface area contributed by atoms with Crippen LogP contribution in [0.15, 0.2) is 42.5 Å². The van der Waals surface area contributed by atoms with E-state index in [0.29, 0.717) is 48.6 Å². The number of methoxy groups -OCH3 is 3. The highest BCUT2D eigenvalue weighted by atomic mass is 16.6. The van der Waals surface area contributed by atoms with Crippen molar-refractivity contribution in [3.05, 3.63) is 53.6 Å². The highest BCUT2D eigenvalue weighted by Gasteiger charge is 2.38. The van der Waals surface area contributed by atoms with E-state index < -0.39 is 30.1 Å². The van der Waals surface area contributed by atoms with Crippen molar-refractivity contribution in [1.82, 2.24) is 4.90 Å². The summed E-state index contributed by atoms with van der Waals surface area (Å²) >= 11 is 0. The topological polar surface area (TPSA) is 127 Å². The van der Waals surface area contributed by atoms with Crippen molar-refractivity contribution in [3.63, 3.8) is 0 Å². The van der Waals surface area contributed by atoms with E-state index in [9.17, 15) is 14.4 Å². The number of carbonyl (C=O) groups excluding carboxylic acids is 3. The zero-order chi connectivity index (χ0) is 31.5. The summed E-state index contributed by atoms with van der Waals surface area (Å²) in [6, 6.07) is 11.6. The molecular weight excluding hydrogens is 564 g/mol. The number of nitrogens with two attached hydrogens (primary N) is 1. The second-order valence-corrected chi connectivity index (χ2v) is 11.6. The number of carbonyl (C=O) groups is 3. The molecule has 0 aromatic heterocycles. The van der Waals surface area contributed by atoms with E-state index in [1.54, 1.807) is 37.3 Å². The third kappa shape index (κ3) is 8.65. The lowest BCUT2D eigenvalue weighted by atomic mass is 9.83. The second kappa shape index (κ2) is 16.3. The predicted octanol–water partition coefficient (Wildman–Crippen LogP) is 4.76. The normalized spacial score (nSPS) is 18.5. The number of benzene rings is 2. The van der Waals surface area contributed by atoms with Crippen molar-refractivity contribution >= 4 is 17.8 Å². The molecule has 2 aliphatic rings. The molecular formula is C34H46N2O8. The van der Waals surface area contributed by atoms with Crippen LogP contribution in [0.1, 0.15) is 75.0 Å². The molecule has 240 valence electrons. The summed E-state index contributed by atoms with van der Waals surface area (Å²) in [6.07, 6.45) is 7.83. The van der Waals surface area contributed by atoms with Gasteiger partial charge in [-0.15, -0.1) is 0 Å². The fourth-order valence-corrected chi connectivity index (χ4v) is 6.18. The summed E-state index contributed by atoms with van der Waals surface area (Å²) in [4.78, 5) is 40.7. The van der Waals surface area contributed by atoms with Crippen molar-refractivity contribution in [2.45, 2.75) is 82.4 Å². The Morgan fingerprint density at radius 1 is 0.909 bits per heavy atom. The van der Waals surface area contributed by atoms with E-state index in [2.05, 4.69) is 4.74 Å². The predicted molar refractivity (Wildman–Crippen MR) is 165 cm³/mol. The minimum absolute atomic E-state index is 0.150. The quantitative estimate of drug-likeness (QED) is 0.319. The van der Waals surface area contributed by atoms with Gasteiger partial charge in [0.1, 0.15) is 17.9 Å². The van der Waals surface area contributed by atoms with Gasteiger partial charge in [0.15, 0.2) is 18.1 Å². The Kier molecular flexibility index (Phi) is 12.3. The van der Waals surface area contributed by atoms with Gasteiger partial charge in [0.05, 0.1) is 27.4 Å². The van der Waals surface area contributed by atoms with Gasteiger partial charge in [-0.1, -0.05) is 37.5 Å². The molecule has 1 amide bonds. The summed E-state index contributed by atoms with van der Waals surface area (Å²) < 4.78 is 27.4. The molecule has 10 nitrogen and oxygen atoms in total. The highest BCUT2D eigenvalue weighted by Crippen LogP contribution is 2.33. The Morgan fingerprint density at radius 2 is 1.66 bits per heavy atom. The molecule has 0 radical (unpaired) electrons. The zero-order valence-corrected chi connectivity index (χ0v) is 26.1. The average molecular weight is 611 g/mol. The number of rotatable bonds is 13. The van der Waals surface area contributed by atoms with Gasteiger partial charge in [-0.25, -0.2) is 9.59 Å². The summed E-state index contributed by atoms with van der Waals surface area (Å²) in [5, 5.41) is 0. The first-order valence-electron chi connectivity index (χ1n) is 15.6. The number of likely N-dealkylation sites (tertiary alicyclic amines) is 1. The van der Waals surface area contributed by atoms with Crippen LogP contribution in [-0.2, 0) is 30.3 Å². The Balaban J connectivity index is 1.54. The van der Waals surface area contributed by atoms with Gasteiger partial charge in [-0.2, -0.15) is 0 Å². The first-order valence-corrected chi connectivity index (χ1v) is 15.6. The average Bonchev–Trinajstić information content (AvgIpc) is 3.08. The zero-order valence-electron chi connectivity index (χ0n) is 26.1. The van der Waals surface area contributed by atoms with Crippen LogP contribution in [0.2, 0.25) is 0 Å². The number of nitrogens with zero attached hydrogens (tertiary/aromatic N) is 1. The van der Waals surface area contributed by atoms with Gasteiger partial charge >= 0.3 is 11.9 Å². The van der Waals surface area contributed by atoms with Crippen LogP contribution in [0, 0.1) is 5.92 Å². The molecule has 2 aromatic carbocycles. The third-order valence-corrected chi connectivity index (χ3v) is 8.72. The molecule has 2 fully saturated rings. The maximum Gasteiger partial charge on any atom is 0.343 e. The molecule has 0 bridgehead atoms. The number of ether oxygens (including phenoxy) is 5. The molecule has 1 saturated heterocycles. The van der Waals surface area contributed by atoms with Gasteiger partial charge in [0.25, 0.3) is 0 Å². The Morgan fingerprint density at radius 3 is 2.39 bits per heavy atom. The van der Waals surface area contributed by atoms with Gasteiger partial charge in [-0.05, 0) is 86.3 Å². The van der Waals surface area contributed by atoms with Crippen molar-refractivity contribution in [2.75, 3.05) is 34.5 Å². The van der Waals surface area contributed by atoms with Crippen LogP contribution >= 0.6 is 0 Å². The second-order valence-electron chi connectivity index (χ2n) is 11.6. The van der Waals surface area contributed by atoms with Gasteiger partial charge in [-0.3, -0.25) is 4.79 Å². The van der Waals surface area contributed by atoms with E-state index in [1.807, 2.05) is 24.3 Å². The van der Waals surface area contributed by atoms with E-state index in [0.717, 1.165) is 44.1 Å². The molecule has 2 aromatic rings. The molecule has 3 atom stereocenters. The van der Waals surface area contributed by atoms with Crippen molar-refractivity contribution in [3.8, 4) is 17.2 Å². The van der Waals surface area contributed by atoms with Crippen LogP contribution < -0.4 is 19.9 Å². The standard InChI is InChI=1S/C34H46N2O8/c1-40-29-18-16-23(20-30(29)41-2)15-17-28(25-12-9-13-26(21-25)43-22-31(37)42-3)44-34(39)27-14-7-8-19-36(27)33(38)32(35)24-10-5-4-6-11-24/h9,12-13,16,18,20-21,24,27-28,32H,4-8,10-11,14-15,17,19,22,35H2,1-3H3/t27-,28?,32?/m0/s1. The molecule has 0 spiro atoms. The molecule has 1 saturated carbocycles. The summed E-state index contributed by atoms with van der Waals surface area (Å²) in [6.45, 7) is 0.253. The van der Waals surface area contributed by atoms with Crippen LogP contribution in [0.3, 0.4) is 0 Å². The monoisotopic (exact) mass is 610 g/mol. The molecule has 1 aliphatic heterocycles. The minimum atomic E-state index is -0.687. The van der Waals surface area contributed by atoms with E-state index in [4.69, 9.17) is 24.7 Å². The number of piperidine rings is 1. The van der Waals surface area contributed by atoms with Crippen molar-refractivity contribution in [1.29, 1.82) is 0 Å². The van der Waals surface area contributed by atoms with Crippen LogP contribution in [0.25, 0.3) is 0 Å². The molecule has 10 heteroatoms.